The minimum Gasteiger partial charge on any atom is -0.493 e. The molecule has 0 amide bonds. The molecular formula is C26H24Cl2F5N3OS. The number of nitrogens with zero attached hydrogens (tertiary/aromatic N) is 2. The summed E-state index contributed by atoms with van der Waals surface area (Å²) >= 11 is 18.2. The lowest BCUT2D eigenvalue weighted by molar-refractivity contribution is -0.139. The lowest BCUT2D eigenvalue weighted by Crippen LogP contribution is -2.40. The van der Waals surface area contributed by atoms with Gasteiger partial charge in [-0.2, -0.15) is 18.3 Å². The first-order valence-electron chi connectivity index (χ1n) is 11.9. The van der Waals surface area contributed by atoms with Crippen LogP contribution in [-0.4, -0.2) is 39.5 Å². The highest BCUT2D eigenvalue weighted by atomic mass is 35.5. The van der Waals surface area contributed by atoms with E-state index in [4.69, 9.17) is 45.3 Å². The predicted octanol–water partition coefficient (Wildman–Crippen LogP) is 8.33. The molecule has 1 heterocycles. The van der Waals surface area contributed by atoms with E-state index in [1.165, 1.54) is 0 Å². The molecule has 1 aliphatic rings. The number of rotatable bonds is 7. The summed E-state index contributed by atoms with van der Waals surface area (Å²) in [6, 6.07) is 11.3. The Balaban J connectivity index is 1.65. The van der Waals surface area contributed by atoms with E-state index in [0.29, 0.717) is 56.1 Å². The van der Waals surface area contributed by atoms with Gasteiger partial charge in [-0.15, -0.1) is 0 Å². The molecule has 0 spiro atoms. The highest BCUT2D eigenvalue weighted by Gasteiger charge is 2.35. The van der Waals surface area contributed by atoms with Crippen LogP contribution in [0.4, 0.5) is 22.0 Å². The monoisotopic (exact) mass is 591 g/mol. The molecule has 0 bridgehead atoms. The number of nitrogens with one attached hydrogen (secondary N) is 1. The number of ether oxygens (including phenoxy) is 1. The van der Waals surface area contributed by atoms with Crippen LogP contribution < -0.4 is 10.1 Å². The highest BCUT2D eigenvalue weighted by Crippen LogP contribution is 2.35. The third kappa shape index (κ3) is 6.95. The zero-order valence-corrected chi connectivity index (χ0v) is 22.5. The molecule has 2 aromatic carbocycles. The molecule has 0 aliphatic heterocycles. The Bertz CT molecular complexity index is 1300. The molecule has 0 unspecified atom stereocenters. The fourth-order valence-electron chi connectivity index (χ4n) is 4.31. The highest BCUT2D eigenvalue weighted by molar-refractivity contribution is 7.80. The standard InChI is InChI=1S/C26H24Cl2F5N3OS/c1-15-22(24(38)34-18-8-10-25(29,30)11-9-18)35-36(21-7-4-17(27)14-20(21)28)23(15)16-2-5-19(6-3-16)37-13-12-26(31,32)33/h2-7,14,18H,8-13H2,1H3,(H,34,38). The predicted molar refractivity (Wildman–Crippen MR) is 142 cm³/mol. The molecule has 0 atom stereocenters. The van der Waals surface area contributed by atoms with Crippen LogP contribution in [0.5, 0.6) is 5.75 Å². The van der Waals surface area contributed by atoms with Crippen molar-refractivity contribution < 1.29 is 26.7 Å². The molecule has 1 fully saturated rings. The van der Waals surface area contributed by atoms with Gasteiger partial charge in [-0.05, 0) is 62.2 Å². The number of alkyl halides is 5. The molecule has 204 valence electrons. The number of thiocarbonyl (C=S) groups is 1. The summed E-state index contributed by atoms with van der Waals surface area (Å²) < 4.78 is 71.4. The van der Waals surface area contributed by atoms with Crippen molar-refractivity contribution in [3.8, 4) is 22.7 Å². The average Bonchev–Trinajstić information content (AvgIpc) is 3.17. The normalized spacial score (nSPS) is 15.9. The van der Waals surface area contributed by atoms with E-state index in [0.717, 1.165) is 0 Å². The van der Waals surface area contributed by atoms with Gasteiger partial charge in [-0.3, -0.25) is 0 Å². The van der Waals surface area contributed by atoms with Crippen LogP contribution in [0.25, 0.3) is 16.9 Å². The summed E-state index contributed by atoms with van der Waals surface area (Å²) in [4.78, 5) is 0.329. The molecule has 3 aromatic rings. The van der Waals surface area contributed by atoms with Gasteiger partial charge in [0.05, 0.1) is 29.4 Å². The molecule has 1 N–H and O–H groups in total. The Morgan fingerprint density at radius 1 is 1.13 bits per heavy atom. The molecule has 1 saturated carbocycles. The van der Waals surface area contributed by atoms with E-state index in [-0.39, 0.29) is 24.6 Å². The zero-order chi connectivity index (χ0) is 27.7. The van der Waals surface area contributed by atoms with Gasteiger partial charge in [0.1, 0.15) is 16.4 Å². The van der Waals surface area contributed by atoms with E-state index in [1.807, 2.05) is 6.92 Å². The van der Waals surface area contributed by atoms with Gasteiger partial charge in [0.25, 0.3) is 0 Å². The smallest absolute Gasteiger partial charge is 0.392 e. The van der Waals surface area contributed by atoms with Crippen LogP contribution in [0.3, 0.4) is 0 Å². The minimum absolute atomic E-state index is 0.192. The quantitative estimate of drug-likeness (QED) is 0.221. The maximum absolute atomic E-state index is 13.6. The van der Waals surface area contributed by atoms with Gasteiger partial charge < -0.3 is 10.1 Å². The van der Waals surface area contributed by atoms with E-state index in [2.05, 4.69) is 5.32 Å². The van der Waals surface area contributed by atoms with Gasteiger partial charge >= 0.3 is 6.18 Å². The SMILES string of the molecule is Cc1c(C(=S)NC2CCC(F)(F)CC2)nn(-c2ccc(Cl)cc2Cl)c1-c1ccc(OCCC(F)(F)F)cc1. The number of aromatic nitrogens is 2. The van der Waals surface area contributed by atoms with Gasteiger partial charge in [0, 0.05) is 35.0 Å². The second-order valence-corrected chi connectivity index (χ2v) is 10.4. The minimum atomic E-state index is -4.30. The fraction of sp³-hybridized carbons (Fsp3) is 0.385. The van der Waals surface area contributed by atoms with Crippen molar-refractivity contribution in [1.82, 2.24) is 15.1 Å². The molecule has 1 aromatic heterocycles. The molecule has 4 rings (SSSR count). The topological polar surface area (TPSA) is 39.1 Å². The largest absolute Gasteiger partial charge is 0.493 e. The summed E-state index contributed by atoms with van der Waals surface area (Å²) in [5.74, 6) is -2.36. The third-order valence-corrected chi connectivity index (χ3v) is 7.16. The maximum Gasteiger partial charge on any atom is 0.392 e. The summed E-state index contributed by atoms with van der Waals surface area (Å²) in [5.41, 5.74) is 3.04. The average molecular weight is 592 g/mol. The Kier molecular flexibility index (Phi) is 8.54. The summed E-state index contributed by atoms with van der Waals surface area (Å²) in [6.07, 6.45) is -5.19. The lowest BCUT2D eigenvalue weighted by atomic mass is 9.92. The molecule has 38 heavy (non-hydrogen) atoms. The molecular weight excluding hydrogens is 568 g/mol. The first kappa shape index (κ1) is 28.6. The first-order chi connectivity index (χ1) is 17.8. The first-order valence-corrected chi connectivity index (χ1v) is 13.0. The number of hydrogen-bond acceptors (Lipinski definition) is 3. The number of halogens is 7. The van der Waals surface area contributed by atoms with Crippen molar-refractivity contribution in [3.05, 3.63) is 63.8 Å². The Morgan fingerprint density at radius 2 is 1.79 bits per heavy atom. The Morgan fingerprint density at radius 3 is 2.39 bits per heavy atom. The van der Waals surface area contributed by atoms with Crippen molar-refractivity contribution in [3.63, 3.8) is 0 Å². The van der Waals surface area contributed by atoms with Crippen molar-refractivity contribution in [2.45, 2.75) is 57.2 Å². The van der Waals surface area contributed by atoms with E-state index >= 15 is 0 Å². The molecule has 12 heteroatoms. The molecule has 4 nitrogen and oxygen atoms in total. The van der Waals surface area contributed by atoms with E-state index in [1.54, 1.807) is 47.1 Å². The summed E-state index contributed by atoms with van der Waals surface area (Å²) in [5, 5.41) is 8.68. The van der Waals surface area contributed by atoms with Crippen LogP contribution in [0.1, 0.15) is 43.4 Å². The summed E-state index contributed by atoms with van der Waals surface area (Å²) in [6.45, 7) is 1.34. The number of hydrogen-bond donors (Lipinski definition) is 1. The molecule has 1 aliphatic carbocycles. The molecule has 0 radical (unpaired) electrons. The summed E-state index contributed by atoms with van der Waals surface area (Å²) in [7, 11) is 0. The second-order valence-electron chi connectivity index (χ2n) is 9.17. The maximum atomic E-state index is 13.6. The fourth-order valence-corrected chi connectivity index (χ4v) is 5.16. The van der Waals surface area contributed by atoms with Crippen LogP contribution in [0, 0.1) is 6.92 Å². The Labute approximate surface area is 232 Å². The van der Waals surface area contributed by atoms with Crippen LogP contribution >= 0.6 is 35.4 Å². The van der Waals surface area contributed by atoms with Crippen molar-refractivity contribution in [2.75, 3.05) is 6.61 Å². The van der Waals surface area contributed by atoms with E-state index in [9.17, 15) is 22.0 Å². The number of benzene rings is 2. The van der Waals surface area contributed by atoms with Gasteiger partial charge in [0.15, 0.2) is 0 Å². The zero-order valence-electron chi connectivity index (χ0n) is 20.2. The van der Waals surface area contributed by atoms with Gasteiger partial charge in [-0.25, -0.2) is 13.5 Å². The van der Waals surface area contributed by atoms with Crippen LogP contribution in [0.15, 0.2) is 42.5 Å². The third-order valence-electron chi connectivity index (χ3n) is 6.31. The second kappa shape index (κ2) is 11.4. The molecule has 0 saturated heterocycles. The van der Waals surface area contributed by atoms with Crippen molar-refractivity contribution in [2.24, 2.45) is 0 Å². The Hall–Kier alpha value is -2.43. The lowest BCUT2D eigenvalue weighted by Gasteiger charge is -2.29. The van der Waals surface area contributed by atoms with Crippen molar-refractivity contribution in [1.29, 1.82) is 0 Å². The van der Waals surface area contributed by atoms with Gasteiger partial charge in [-0.1, -0.05) is 35.4 Å². The van der Waals surface area contributed by atoms with Gasteiger partial charge in [0.2, 0.25) is 5.92 Å². The van der Waals surface area contributed by atoms with Crippen LogP contribution in [-0.2, 0) is 0 Å². The van der Waals surface area contributed by atoms with Crippen LogP contribution in [0.2, 0.25) is 10.0 Å². The van der Waals surface area contributed by atoms with E-state index < -0.39 is 25.1 Å². The van der Waals surface area contributed by atoms with Crippen molar-refractivity contribution >= 4 is 40.4 Å².